The molecule has 94 valence electrons. The molecule has 2 unspecified atom stereocenters. The topological polar surface area (TPSA) is 41.6 Å². The summed E-state index contributed by atoms with van der Waals surface area (Å²) in [6.07, 6.45) is 2.82. The van der Waals surface area contributed by atoms with Crippen LogP contribution in [-0.2, 0) is 9.53 Å². The van der Waals surface area contributed by atoms with Gasteiger partial charge in [0.1, 0.15) is 0 Å². The van der Waals surface area contributed by atoms with Crippen molar-refractivity contribution in [2.75, 3.05) is 26.7 Å². The fourth-order valence-corrected chi connectivity index (χ4v) is 2.09. The molecule has 0 aliphatic carbocycles. The first-order valence-corrected chi connectivity index (χ1v) is 6.22. The van der Waals surface area contributed by atoms with Gasteiger partial charge in [-0.3, -0.25) is 4.79 Å². The third kappa shape index (κ3) is 4.49. The van der Waals surface area contributed by atoms with E-state index in [4.69, 9.17) is 4.74 Å². The van der Waals surface area contributed by atoms with Gasteiger partial charge in [0, 0.05) is 18.6 Å². The van der Waals surface area contributed by atoms with Crippen molar-refractivity contribution in [3.05, 3.63) is 0 Å². The number of piperidine rings is 1. The molecule has 4 heteroatoms. The maximum absolute atomic E-state index is 11.1. The van der Waals surface area contributed by atoms with Gasteiger partial charge in [-0.05, 0) is 40.3 Å². The van der Waals surface area contributed by atoms with Crippen molar-refractivity contribution >= 4 is 5.97 Å². The monoisotopic (exact) mass is 228 g/mol. The summed E-state index contributed by atoms with van der Waals surface area (Å²) in [4.78, 5) is 13.5. The van der Waals surface area contributed by atoms with Crippen LogP contribution in [0.25, 0.3) is 0 Å². The largest absolute Gasteiger partial charge is 0.466 e. The first kappa shape index (κ1) is 13.5. The Labute approximate surface area is 98.3 Å². The molecule has 1 N–H and O–H groups in total. The minimum absolute atomic E-state index is 0.101. The lowest BCUT2D eigenvalue weighted by atomic mass is 9.99. The van der Waals surface area contributed by atoms with Crippen LogP contribution >= 0.6 is 0 Å². The molecule has 0 aromatic rings. The Morgan fingerprint density at radius 2 is 2.31 bits per heavy atom. The van der Waals surface area contributed by atoms with Crippen LogP contribution in [0.4, 0.5) is 0 Å². The van der Waals surface area contributed by atoms with Crippen LogP contribution in [0.15, 0.2) is 0 Å². The summed E-state index contributed by atoms with van der Waals surface area (Å²) in [5.41, 5.74) is 0. The average Bonchev–Trinajstić information content (AvgIpc) is 2.24. The van der Waals surface area contributed by atoms with Crippen LogP contribution in [0.5, 0.6) is 0 Å². The maximum atomic E-state index is 11.1. The normalized spacial score (nSPS) is 26.7. The minimum Gasteiger partial charge on any atom is -0.466 e. The molecule has 1 aliphatic rings. The fourth-order valence-electron chi connectivity index (χ4n) is 2.09. The van der Waals surface area contributed by atoms with Crippen molar-refractivity contribution < 1.29 is 9.53 Å². The minimum atomic E-state index is -0.101. The van der Waals surface area contributed by atoms with E-state index in [9.17, 15) is 4.79 Å². The number of likely N-dealkylation sites (tertiary alicyclic amines) is 1. The van der Waals surface area contributed by atoms with E-state index in [1.165, 1.54) is 12.8 Å². The quantitative estimate of drug-likeness (QED) is 0.713. The second-order valence-corrected chi connectivity index (χ2v) is 4.56. The van der Waals surface area contributed by atoms with Crippen LogP contribution in [-0.4, -0.2) is 49.7 Å². The molecular formula is C12H24N2O2. The van der Waals surface area contributed by atoms with Gasteiger partial charge in [0.2, 0.25) is 0 Å². The summed E-state index contributed by atoms with van der Waals surface area (Å²) in [7, 11) is 2.17. The molecule has 0 amide bonds. The number of rotatable bonds is 5. The zero-order valence-corrected chi connectivity index (χ0v) is 10.7. The average molecular weight is 228 g/mol. The zero-order valence-electron chi connectivity index (χ0n) is 10.7. The molecule has 1 heterocycles. The molecule has 1 rings (SSSR count). The Bertz CT molecular complexity index is 221. The van der Waals surface area contributed by atoms with Crippen molar-refractivity contribution in [2.24, 2.45) is 0 Å². The zero-order chi connectivity index (χ0) is 12.0. The first-order valence-electron chi connectivity index (χ1n) is 6.22. The summed E-state index contributed by atoms with van der Waals surface area (Å²) in [5, 5.41) is 3.43. The van der Waals surface area contributed by atoms with Gasteiger partial charge < -0.3 is 15.0 Å². The highest BCUT2D eigenvalue weighted by molar-refractivity contribution is 5.69. The van der Waals surface area contributed by atoms with E-state index in [1.54, 1.807) is 0 Å². The smallest absolute Gasteiger partial charge is 0.307 e. The van der Waals surface area contributed by atoms with E-state index in [0.717, 1.165) is 13.1 Å². The lowest BCUT2D eigenvalue weighted by Gasteiger charge is -2.35. The number of esters is 1. The van der Waals surface area contributed by atoms with Gasteiger partial charge >= 0.3 is 5.97 Å². The molecule has 2 atom stereocenters. The van der Waals surface area contributed by atoms with Crippen molar-refractivity contribution in [1.82, 2.24) is 10.2 Å². The standard InChI is InChI=1S/C12H24N2O2/c1-4-16-12(15)5-7-13-11-6-8-14(3)10(2)9-11/h10-11,13H,4-9H2,1-3H3. The van der Waals surface area contributed by atoms with E-state index in [0.29, 0.717) is 25.1 Å². The van der Waals surface area contributed by atoms with Crippen molar-refractivity contribution in [3.8, 4) is 0 Å². The van der Waals surface area contributed by atoms with Crippen LogP contribution < -0.4 is 5.32 Å². The molecule has 4 nitrogen and oxygen atoms in total. The lowest BCUT2D eigenvalue weighted by Crippen LogP contribution is -2.46. The van der Waals surface area contributed by atoms with E-state index in [-0.39, 0.29) is 5.97 Å². The van der Waals surface area contributed by atoms with Crippen molar-refractivity contribution in [3.63, 3.8) is 0 Å². The third-order valence-electron chi connectivity index (χ3n) is 3.28. The molecule has 0 aromatic heterocycles. The van der Waals surface area contributed by atoms with Gasteiger partial charge in [-0.1, -0.05) is 0 Å². The highest BCUT2D eigenvalue weighted by Gasteiger charge is 2.22. The number of hydrogen-bond acceptors (Lipinski definition) is 4. The molecule has 0 aromatic carbocycles. The molecule has 16 heavy (non-hydrogen) atoms. The Kier molecular flexibility index (Phi) is 5.77. The van der Waals surface area contributed by atoms with Gasteiger partial charge in [-0.25, -0.2) is 0 Å². The van der Waals surface area contributed by atoms with Gasteiger partial charge in [-0.2, -0.15) is 0 Å². The summed E-state index contributed by atoms with van der Waals surface area (Å²) in [6.45, 7) is 6.44. The summed E-state index contributed by atoms with van der Waals surface area (Å²) in [6, 6.07) is 1.19. The predicted octanol–water partition coefficient (Wildman–Crippen LogP) is 1.01. The number of carbonyl (C=O) groups is 1. The molecule has 0 spiro atoms. The summed E-state index contributed by atoms with van der Waals surface area (Å²) >= 11 is 0. The van der Waals surface area contributed by atoms with E-state index in [1.807, 2.05) is 6.92 Å². The Morgan fingerprint density at radius 3 is 2.94 bits per heavy atom. The Morgan fingerprint density at radius 1 is 1.56 bits per heavy atom. The number of nitrogens with one attached hydrogen (secondary N) is 1. The highest BCUT2D eigenvalue weighted by Crippen LogP contribution is 2.14. The molecule has 1 aliphatic heterocycles. The first-order chi connectivity index (χ1) is 7.63. The van der Waals surface area contributed by atoms with Crippen molar-refractivity contribution in [1.29, 1.82) is 0 Å². The van der Waals surface area contributed by atoms with E-state index in [2.05, 4.69) is 24.2 Å². The van der Waals surface area contributed by atoms with Gasteiger partial charge in [0.15, 0.2) is 0 Å². The number of nitrogens with zero attached hydrogens (tertiary/aromatic N) is 1. The van der Waals surface area contributed by atoms with Crippen LogP contribution in [0, 0.1) is 0 Å². The second kappa shape index (κ2) is 6.86. The summed E-state index contributed by atoms with van der Waals surface area (Å²) in [5.74, 6) is -0.101. The Balaban J connectivity index is 2.12. The predicted molar refractivity (Wildman–Crippen MR) is 64.4 cm³/mol. The molecule has 1 fully saturated rings. The van der Waals surface area contributed by atoms with Crippen molar-refractivity contribution in [2.45, 2.75) is 45.2 Å². The maximum Gasteiger partial charge on any atom is 0.307 e. The number of ether oxygens (including phenoxy) is 1. The van der Waals surface area contributed by atoms with Crippen LogP contribution in [0.1, 0.15) is 33.1 Å². The van der Waals surface area contributed by atoms with E-state index >= 15 is 0 Å². The molecule has 0 radical (unpaired) electrons. The van der Waals surface area contributed by atoms with E-state index < -0.39 is 0 Å². The van der Waals surface area contributed by atoms with Crippen LogP contribution in [0.2, 0.25) is 0 Å². The number of carbonyl (C=O) groups excluding carboxylic acids is 1. The molecule has 0 saturated carbocycles. The highest BCUT2D eigenvalue weighted by atomic mass is 16.5. The van der Waals surface area contributed by atoms with Gasteiger partial charge in [0.25, 0.3) is 0 Å². The SMILES string of the molecule is CCOC(=O)CCNC1CCN(C)C(C)C1. The second-order valence-electron chi connectivity index (χ2n) is 4.56. The molecular weight excluding hydrogens is 204 g/mol. The Hall–Kier alpha value is -0.610. The fraction of sp³-hybridized carbons (Fsp3) is 0.917. The number of hydrogen-bond donors (Lipinski definition) is 1. The lowest BCUT2D eigenvalue weighted by molar-refractivity contribution is -0.143. The van der Waals surface area contributed by atoms with Crippen LogP contribution in [0.3, 0.4) is 0 Å². The molecule has 0 bridgehead atoms. The third-order valence-corrected chi connectivity index (χ3v) is 3.28. The molecule has 1 saturated heterocycles. The van der Waals surface area contributed by atoms with Gasteiger partial charge in [0.05, 0.1) is 13.0 Å². The van der Waals surface area contributed by atoms with Gasteiger partial charge in [-0.15, -0.1) is 0 Å². The summed E-state index contributed by atoms with van der Waals surface area (Å²) < 4.78 is 4.88.